The monoisotopic (exact) mass is 187 g/mol. The fraction of sp³-hybridized carbons (Fsp3) is 0.909. The zero-order valence-electron chi connectivity index (χ0n) is 9.98. The average molecular weight is 187 g/mol. The molecule has 2 nitrogen and oxygen atoms in total. The Morgan fingerprint density at radius 3 is 2.00 bits per heavy atom. The molecule has 2 heteroatoms. The molecule has 0 aliphatic heterocycles. The van der Waals surface area contributed by atoms with Gasteiger partial charge in [0, 0.05) is 13.5 Å². The van der Waals surface area contributed by atoms with Gasteiger partial charge in [0.05, 0.1) is 0 Å². The van der Waals surface area contributed by atoms with Crippen LogP contribution in [0.3, 0.4) is 0 Å². The Morgan fingerprint density at radius 2 is 1.69 bits per heavy atom. The lowest BCUT2D eigenvalue weighted by Gasteiger charge is -2.12. The molecule has 0 saturated carbocycles. The third kappa shape index (κ3) is 11.5. The van der Waals surface area contributed by atoms with Crippen LogP contribution in [0.1, 0.15) is 47.5 Å². The van der Waals surface area contributed by atoms with Crippen LogP contribution in [0.5, 0.6) is 0 Å². The lowest BCUT2D eigenvalue weighted by atomic mass is 9.96. The molecule has 0 rings (SSSR count). The zero-order chi connectivity index (χ0) is 10.9. The van der Waals surface area contributed by atoms with E-state index in [4.69, 9.17) is 0 Å². The van der Waals surface area contributed by atoms with E-state index in [2.05, 4.69) is 26.1 Å². The largest absolute Gasteiger partial charge is 0.359 e. The van der Waals surface area contributed by atoms with Gasteiger partial charge in [0.15, 0.2) is 0 Å². The normalized spacial score (nSPS) is 11.6. The number of hydrogen-bond donors (Lipinski definition) is 1. The van der Waals surface area contributed by atoms with Gasteiger partial charge < -0.3 is 5.32 Å². The van der Waals surface area contributed by atoms with E-state index in [9.17, 15) is 4.79 Å². The van der Waals surface area contributed by atoms with Crippen LogP contribution in [0, 0.1) is 11.8 Å². The first kappa shape index (κ1) is 15.0. The van der Waals surface area contributed by atoms with Crippen molar-refractivity contribution in [3.63, 3.8) is 0 Å². The van der Waals surface area contributed by atoms with E-state index in [0.717, 1.165) is 6.42 Å². The first-order valence-electron chi connectivity index (χ1n) is 5.26. The van der Waals surface area contributed by atoms with Gasteiger partial charge in [0.1, 0.15) is 0 Å². The average Bonchev–Trinajstić information content (AvgIpc) is 2.06. The molecule has 80 valence electrons. The summed E-state index contributed by atoms with van der Waals surface area (Å²) in [5.74, 6) is 1.35. The van der Waals surface area contributed by atoms with Crippen LogP contribution in [0.4, 0.5) is 0 Å². The van der Waals surface area contributed by atoms with Crippen LogP contribution >= 0.6 is 0 Å². The Hall–Kier alpha value is -0.530. The Kier molecular flexibility index (Phi) is 11.0. The van der Waals surface area contributed by atoms with Crippen molar-refractivity contribution in [3.8, 4) is 0 Å². The molecule has 0 spiro atoms. The predicted octanol–water partition coefficient (Wildman–Crippen LogP) is 2.83. The van der Waals surface area contributed by atoms with Crippen molar-refractivity contribution in [3.05, 3.63) is 0 Å². The number of nitrogens with one attached hydrogen (secondary N) is 1. The number of hydrogen-bond acceptors (Lipinski definition) is 1. The summed E-state index contributed by atoms with van der Waals surface area (Å²) in [7, 11) is 1.68. The summed E-state index contributed by atoms with van der Waals surface area (Å²) in [5.41, 5.74) is 0. The van der Waals surface area contributed by atoms with E-state index < -0.39 is 0 Å². The van der Waals surface area contributed by atoms with Crippen LogP contribution in [0.15, 0.2) is 0 Å². The summed E-state index contributed by atoms with van der Waals surface area (Å²) in [6.07, 6.45) is 1.79. The SMILES string of the molecule is CC.CNC(=O)CC(C)CC(C)C. The van der Waals surface area contributed by atoms with Crippen molar-refractivity contribution < 1.29 is 4.79 Å². The maximum Gasteiger partial charge on any atom is 0.220 e. The highest BCUT2D eigenvalue weighted by molar-refractivity contribution is 5.75. The first-order chi connectivity index (χ1) is 6.06. The molecule has 0 heterocycles. The minimum Gasteiger partial charge on any atom is -0.359 e. The van der Waals surface area contributed by atoms with Crippen molar-refractivity contribution in [2.45, 2.75) is 47.5 Å². The molecule has 0 bridgehead atoms. The van der Waals surface area contributed by atoms with Gasteiger partial charge in [0.2, 0.25) is 5.91 Å². The lowest BCUT2D eigenvalue weighted by molar-refractivity contribution is -0.121. The molecule has 0 radical (unpaired) electrons. The molecule has 0 aromatic carbocycles. The van der Waals surface area contributed by atoms with E-state index in [-0.39, 0.29) is 5.91 Å². The molecule has 0 saturated heterocycles. The van der Waals surface area contributed by atoms with E-state index in [1.54, 1.807) is 7.05 Å². The summed E-state index contributed by atoms with van der Waals surface area (Å²) in [6.45, 7) is 10.5. The predicted molar refractivity (Wildman–Crippen MR) is 58.7 cm³/mol. The maximum absolute atomic E-state index is 10.9. The quantitative estimate of drug-likeness (QED) is 0.720. The first-order valence-corrected chi connectivity index (χ1v) is 5.26. The second kappa shape index (κ2) is 9.56. The highest BCUT2D eigenvalue weighted by Gasteiger charge is 2.08. The molecular weight excluding hydrogens is 162 g/mol. The second-order valence-electron chi connectivity index (χ2n) is 3.61. The standard InChI is InChI=1S/C9H19NO.C2H6/c1-7(2)5-8(3)6-9(11)10-4;1-2/h7-8H,5-6H2,1-4H3,(H,10,11);1-2H3. The summed E-state index contributed by atoms with van der Waals surface area (Å²) in [6, 6.07) is 0. The molecule has 1 amide bonds. The molecule has 0 fully saturated rings. The van der Waals surface area contributed by atoms with Gasteiger partial charge in [-0.3, -0.25) is 4.79 Å². The van der Waals surface area contributed by atoms with Crippen molar-refractivity contribution in [1.82, 2.24) is 5.32 Å². The zero-order valence-corrected chi connectivity index (χ0v) is 9.98. The Labute approximate surface area is 83.1 Å². The fourth-order valence-corrected chi connectivity index (χ4v) is 1.31. The fourth-order valence-electron chi connectivity index (χ4n) is 1.31. The van der Waals surface area contributed by atoms with Crippen LogP contribution in [-0.2, 0) is 4.79 Å². The molecule has 0 aromatic heterocycles. The van der Waals surface area contributed by atoms with E-state index in [1.165, 1.54) is 0 Å². The third-order valence-corrected chi connectivity index (χ3v) is 1.69. The summed E-state index contributed by atoms with van der Waals surface area (Å²) >= 11 is 0. The molecule has 1 N–H and O–H groups in total. The van der Waals surface area contributed by atoms with Crippen LogP contribution in [0.25, 0.3) is 0 Å². The van der Waals surface area contributed by atoms with Gasteiger partial charge in [-0.2, -0.15) is 0 Å². The van der Waals surface area contributed by atoms with Gasteiger partial charge >= 0.3 is 0 Å². The molecule has 13 heavy (non-hydrogen) atoms. The number of rotatable bonds is 4. The molecule has 0 aromatic rings. The highest BCUT2D eigenvalue weighted by atomic mass is 16.1. The Morgan fingerprint density at radius 1 is 1.23 bits per heavy atom. The van der Waals surface area contributed by atoms with Gasteiger partial charge in [0.25, 0.3) is 0 Å². The van der Waals surface area contributed by atoms with Crippen LogP contribution < -0.4 is 5.32 Å². The van der Waals surface area contributed by atoms with E-state index >= 15 is 0 Å². The summed E-state index contributed by atoms with van der Waals surface area (Å²) < 4.78 is 0. The van der Waals surface area contributed by atoms with E-state index in [0.29, 0.717) is 18.3 Å². The highest BCUT2D eigenvalue weighted by Crippen LogP contribution is 2.13. The van der Waals surface area contributed by atoms with Crippen LogP contribution in [0.2, 0.25) is 0 Å². The van der Waals surface area contributed by atoms with Gasteiger partial charge in [-0.25, -0.2) is 0 Å². The Bertz CT molecular complexity index is 121. The van der Waals surface area contributed by atoms with Crippen molar-refractivity contribution in [1.29, 1.82) is 0 Å². The molecule has 1 atom stereocenters. The number of amides is 1. The number of carbonyl (C=O) groups excluding carboxylic acids is 1. The van der Waals surface area contributed by atoms with Crippen molar-refractivity contribution in [2.24, 2.45) is 11.8 Å². The number of carbonyl (C=O) groups is 1. The van der Waals surface area contributed by atoms with Gasteiger partial charge in [-0.15, -0.1) is 0 Å². The lowest BCUT2D eigenvalue weighted by Crippen LogP contribution is -2.20. The van der Waals surface area contributed by atoms with Crippen molar-refractivity contribution >= 4 is 5.91 Å². The minimum absolute atomic E-state index is 0.151. The van der Waals surface area contributed by atoms with Gasteiger partial charge in [-0.1, -0.05) is 34.6 Å². The third-order valence-electron chi connectivity index (χ3n) is 1.69. The smallest absolute Gasteiger partial charge is 0.220 e. The second-order valence-corrected chi connectivity index (χ2v) is 3.61. The van der Waals surface area contributed by atoms with Crippen molar-refractivity contribution in [2.75, 3.05) is 7.05 Å². The van der Waals surface area contributed by atoms with Gasteiger partial charge in [-0.05, 0) is 18.3 Å². The molecule has 0 aliphatic carbocycles. The minimum atomic E-state index is 0.151. The topological polar surface area (TPSA) is 29.1 Å². The molecule has 1 unspecified atom stereocenters. The van der Waals surface area contributed by atoms with Crippen LogP contribution in [-0.4, -0.2) is 13.0 Å². The van der Waals surface area contributed by atoms with E-state index in [1.807, 2.05) is 13.8 Å². The Balaban J connectivity index is 0. The molecular formula is C11H25NO. The maximum atomic E-state index is 10.9. The summed E-state index contributed by atoms with van der Waals surface area (Å²) in [5, 5.41) is 2.63. The summed E-state index contributed by atoms with van der Waals surface area (Å²) in [4.78, 5) is 10.9. The molecule has 0 aliphatic rings.